The van der Waals surface area contributed by atoms with Gasteiger partial charge in [0.1, 0.15) is 12.3 Å². The fourth-order valence-electron chi connectivity index (χ4n) is 3.81. The number of halogens is 1. The Morgan fingerprint density at radius 3 is 2.29 bits per heavy atom. The summed E-state index contributed by atoms with van der Waals surface area (Å²) in [6.45, 7) is 0.353. The molecule has 0 unspecified atom stereocenters. The number of aromatic nitrogens is 2. The molecule has 1 heterocycles. The van der Waals surface area contributed by atoms with E-state index in [1.807, 2.05) is 54.6 Å². The maximum Gasteiger partial charge on any atom is 0.317 e. The third-order valence-corrected chi connectivity index (χ3v) is 5.81. The maximum atomic E-state index is 13.0. The van der Waals surface area contributed by atoms with Gasteiger partial charge in [0.05, 0.1) is 24.7 Å². The molecule has 0 saturated heterocycles. The highest BCUT2D eigenvalue weighted by atomic mass is 35.5. The molecule has 0 saturated carbocycles. The molecule has 1 N–H and O–H groups in total. The van der Waals surface area contributed by atoms with Gasteiger partial charge in [0.2, 0.25) is 5.91 Å². The van der Waals surface area contributed by atoms with E-state index in [0.29, 0.717) is 29.0 Å². The van der Waals surface area contributed by atoms with Gasteiger partial charge >= 0.3 is 11.1 Å². The summed E-state index contributed by atoms with van der Waals surface area (Å²) in [5.41, 5.74) is 1.43. The molecule has 0 bridgehead atoms. The van der Waals surface area contributed by atoms with Crippen molar-refractivity contribution >= 4 is 28.5 Å². The van der Waals surface area contributed by atoms with Crippen LogP contribution < -0.4 is 21.2 Å². The molecule has 1 amide bonds. The summed E-state index contributed by atoms with van der Waals surface area (Å²) in [5, 5.41) is 3.22. The van der Waals surface area contributed by atoms with Crippen molar-refractivity contribution < 1.29 is 9.53 Å². The van der Waals surface area contributed by atoms with Crippen LogP contribution in [0.2, 0.25) is 5.02 Å². The lowest BCUT2D eigenvalue weighted by Gasteiger charge is -2.15. The monoisotopic (exact) mass is 477 g/mol. The number of ether oxygens (including phenoxy) is 1. The van der Waals surface area contributed by atoms with Crippen molar-refractivity contribution in [1.82, 2.24) is 14.5 Å². The average molecular weight is 478 g/mol. The van der Waals surface area contributed by atoms with E-state index in [4.69, 9.17) is 16.3 Å². The lowest BCUT2D eigenvalue weighted by atomic mass is 10.1. The van der Waals surface area contributed by atoms with Gasteiger partial charge in [-0.15, -0.1) is 0 Å². The van der Waals surface area contributed by atoms with Crippen LogP contribution in [-0.4, -0.2) is 28.7 Å². The Bertz CT molecular complexity index is 1430. The molecule has 4 aromatic rings. The van der Waals surface area contributed by atoms with Gasteiger partial charge in [-0.25, -0.2) is 0 Å². The van der Waals surface area contributed by atoms with E-state index in [2.05, 4.69) is 5.32 Å². The first-order valence-electron chi connectivity index (χ1n) is 10.8. The minimum Gasteiger partial charge on any atom is -0.497 e. The van der Waals surface area contributed by atoms with Crippen LogP contribution in [0.5, 0.6) is 5.75 Å². The molecule has 0 aliphatic carbocycles. The van der Waals surface area contributed by atoms with Crippen molar-refractivity contribution in [2.45, 2.75) is 19.5 Å². The largest absolute Gasteiger partial charge is 0.497 e. The third-order valence-electron chi connectivity index (χ3n) is 5.57. The van der Waals surface area contributed by atoms with E-state index in [1.54, 1.807) is 25.3 Å². The van der Waals surface area contributed by atoms with E-state index in [1.165, 1.54) is 9.13 Å². The Morgan fingerprint density at radius 2 is 1.59 bits per heavy atom. The molecule has 174 valence electrons. The number of fused-ring (bicyclic) bond motifs is 1. The quantitative estimate of drug-likeness (QED) is 0.395. The standard InChI is InChI=1S/C26H24ClN3O4/c1-34-21-10-7-18(8-11-21)13-14-28-24(31)17-30-23-15-20(27)9-12-22(23)29(25(32)26(30)33)16-19-5-3-2-4-6-19/h2-12,15H,13-14,16-17H2,1H3,(H,28,31). The van der Waals surface area contributed by atoms with Gasteiger partial charge in [-0.2, -0.15) is 0 Å². The van der Waals surface area contributed by atoms with E-state index in [9.17, 15) is 14.4 Å². The molecule has 4 rings (SSSR count). The summed E-state index contributed by atoms with van der Waals surface area (Å²) in [6.07, 6.45) is 0.621. The van der Waals surface area contributed by atoms with Crippen molar-refractivity contribution in [3.8, 4) is 5.75 Å². The summed E-state index contributed by atoms with van der Waals surface area (Å²) in [6, 6.07) is 21.9. The summed E-state index contributed by atoms with van der Waals surface area (Å²) >= 11 is 6.19. The minimum atomic E-state index is -0.768. The smallest absolute Gasteiger partial charge is 0.317 e. The van der Waals surface area contributed by atoms with Crippen molar-refractivity contribution in [3.05, 3.63) is 110 Å². The highest BCUT2D eigenvalue weighted by molar-refractivity contribution is 6.31. The number of benzene rings is 3. The van der Waals surface area contributed by atoms with Crippen molar-refractivity contribution in [1.29, 1.82) is 0 Å². The number of nitrogens with one attached hydrogen (secondary N) is 1. The van der Waals surface area contributed by atoms with Gasteiger partial charge in [-0.05, 0) is 47.9 Å². The number of amides is 1. The highest BCUT2D eigenvalue weighted by Crippen LogP contribution is 2.18. The summed E-state index contributed by atoms with van der Waals surface area (Å²) in [4.78, 5) is 38.6. The fourth-order valence-corrected chi connectivity index (χ4v) is 3.97. The van der Waals surface area contributed by atoms with Crippen molar-refractivity contribution in [2.75, 3.05) is 13.7 Å². The summed E-state index contributed by atoms with van der Waals surface area (Å²) in [5.74, 6) is 0.400. The molecule has 0 aliphatic rings. The molecule has 8 heteroatoms. The van der Waals surface area contributed by atoms with Crippen LogP contribution >= 0.6 is 11.6 Å². The molecule has 3 aromatic carbocycles. The predicted molar refractivity (Wildman–Crippen MR) is 133 cm³/mol. The molecule has 1 aromatic heterocycles. The number of carbonyl (C=O) groups excluding carboxylic acids is 1. The Hall–Kier alpha value is -3.84. The number of methoxy groups -OCH3 is 1. The lowest BCUT2D eigenvalue weighted by molar-refractivity contribution is -0.121. The number of hydrogen-bond donors (Lipinski definition) is 1. The molecule has 0 radical (unpaired) electrons. The van der Waals surface area contributed by atoms with Crippen LogP contribution in [0, 0.1) is 0 Å². The van der Waals surface area contributed by atoms with E-state index < -0.39 is 11.1 Å². The van der Waals surface area contributed by atoms with Gasteiger partial charge in [-0.1, -0.05) is 54.1 Å². The van der Waals surface area contributed by atoms with Crippen LogP contribution in [0.15, 0.2) is 82.4 Å². The second-order valence-corrected chi connectivity index (χ2v) is 8.29. The zero-order valence-corrected chi connectivity index (χ0v) is 19.4. The van der Waals surface area contributed by atoms with Gasteiger partial charge in [0.15, 0.2) is 0 Å². The van der Waals surface area contributed by atoms with E-state index in [-0.39, 0.29) is 19.0 Å². The Labute approximate surface area is 201 Å². The lowest BCUT2D eigenvalue weighted by Crippen LogP contribution is -2.44. The number of hydrogen-bond acceptors (Lipinski definition) is 4. The molecule has 0 aliphatic heterocycles. The normalized spacial score (nSPS) is 10.9. The fraction of sp³-hybridized carbons (Fsp3) is 0.192. The zero-order valence-electron chi connectivity index (χ0n) is 18.7. The zero-order chi connectivity index (χ0) is 24.1. The second kappa shape index (κ2) is 10.4. The van der Waals surface area contributed by atoms with Crippen molar-refractivity contribution in [2.24, 2.45) is 0 Å². The minimum absolute atomic E-state index is 0.238. The first-order valence-corrected chi connectivity index (χ1v) is 11.2. The van der Waals surface area contributed by atoms with Crippen molar-refractivity contribution in [3.63, 3.8) is 0 Å². The topological polar surface area (TPSA) is 82.3 Å². The number of nitrogens with zero attached hydrogens (tertiary/aromatic N) is 2. The van der Waals surface area contributed by atoms with Gasteiger partial charge in [0, 0.05) is 11.6 Å². The maximum absolute atomic E-state index is 13.0. The van der Waals surface area contributed by atoms with Crippen LogP contribution in [0.3, 0.4) is 0 Å². The Kier molecular flexibility index (Phi) is 7.13. The summed E-state index contributed by atoms with van der Waals surface area (Å²) in [7, 11) is 1.61. The molecule has 7 nitrogen and oxygen atoms in total. The second-order valence-electron chi connectivity index (χ2n) is 7.85. The first-order chi connectivity index (χ1) is 16.5. The predicted octanol–water partition coefficient (Wildman–Crippen LogP) is 3.23. The molecule has 0 atom stereocenters. The Morgan fingerprint density at radius 1 is 0.882 bits per heavy atom. The Balaban J connectivity index is 1.57. The van der Waals surface area contributed by atoms with E-state index in [0.717, 1.165) is 16.9 Å². The third kappa shape index (κ3) is 5.21. The van der Waals surface area contributed by atoms with Gasteiger partial charge in [-0.3, -0.25) is 23.5 Å². The number of carbonyl (C=O) groups is 1. The highest BCUT2D eigenvalue weighted by Gasteiger charge is 2.16. The number of rotatable bonds is 8. The summed E-state index contributed by atoms with van der Waals surface area (Å²) < 4.78 is 7.75. The molecular formula is C26H24ClN3O4. The van der Waals surface area contributed by atoms with Gasteiger partial charge < -0.3 is 10.1 Å². The molecule has 0 spiro atoms. The van der Waals surface area contributed by atoms with Crippen LogP contribution in [0.4, 0.5) is 0 Å². The van der Waals surface area contributed by atoms with Crippen LogP contribution in [-0.2, 0) is 24.3 Å². The van der Waals surface area contributed by atoms with Gasteiger partial charge in [0.25, 0.3) is 0 Å². The molecular weight excluding hydrogens is 454 g/mol. The average Bonchev–Trinajstić information content (AvgIpc) is 2.85. The molecule has 34 heavy (non-hydrogen) atoms. The van der Waals surface area contributed by atoms with Crippen LogP contribution in [0.25, 0.3) is 11.0 Å². The first kappa shape index (κ1) is 23.3. The molecule has 0 fully saturated rings. The van der Waals surface area contributed by atoms with Crippen LogP contribution in [0.1, 0.15) is 11.1 Å². The SMILES string of the molecule is COc1ccc(CCNC(=O)Cn2c(=O)c(=O)n(Cc3ccccc3)c3ccc(Cl)cc32)cc1. The van der Waals surface area contributed by atoms with E-state index >= 15 is 0 Å².